The van der Waals surface area contributed by atoms with Crippen molar-refractivity contribution < 1.29 is 18.6 Å². The van der Waals surface area contributed by atoms with Crippen molar-refractivity contribution in [3.63, 3.8) is 0 Å². The monoisotopic (exact) mass is 254 g/mol. The van der Waals surface area contributed by atoms with Crippen molar-refractivity contribution in [3.8, 4) is 0 Å². The topological polar surface area (TPSA) is 20.3 Å². The number of ketones is 1. The molecular weight excluding hydrogens is 234 g/mol. The van der Waals surface area contributed by atoms with Crippen molar-refractivity contribution in [1.29, 1.82) is 0 Å². The van der Waals surface area contributed by atoms with Crippen LogP contribution >= 0.6 is 0 Å². The second-order valence-corrected chi connectivity index (χ2v) is 4.44. The fourth-order valence-electron chi connectivity index (χ4n) is 2.21. The molecule has 1 saturated heterocycles. The van der Waals surface area contributed by atoms with E-state index in [2.05, 4.69) is 4.90 Å². The molecule has 0 amide bonds. The van der Waals surface area contributed by atoms with Crippen LogP contribution in [0, 0.1) is 0 Å². The summed E-state index contributed by atoms with van der Waals surface area (Å²) in [5, 5.41) is 0. The SMILES string of the molecule is O=C(CCN1CCCCC1)c1ccccc1.[Cl-].[HH]. The molecule has 1 heterocycles. The number of carbonyl (C=O) groups excluding carboxylic acids is 1. The smallest absolute Gasteiger partial charge is 0.164 e. The first-order valence-corrected chi connectivity index (χ1v) is 6.17. The molecule has 1 aromatic rings. The summed E-state index contributed by atoms with van der Waals surface area (Å²) in [4.78, 5) is 14.3. The molecule has 0 aromatic heterocycles. The number of Topliss-reactive ketones (excluding diaryl/α,β-unsaturated/α-hetero) is 1. The predicted octanol–water partition coefficient (Wildman–Crippen LogP) is -0.00470. The van der Waals surface area contributed by atoms with Crippen LogP contribution in [0.3, 0.4) is 0 Å². The molecule has 1 aliphatic heterocycles. The average Bonchev–Trinajstić information content (AvgIpc) is 2.38. The van der Waals surface area contributed by atoms with Crippen molar-refractivity contribution in [2.45, 2.75) is 25.7 Å². The highest BCUT2D eigenvalue weighted by Crippen LogP contribution is 2.10. The number of rotatable bonds is 4. The Labute approximate surface area is 111 Å². The maximum Gasteiger partial charge on any atom is 0.164 e. The number of hydrogen-bond donors (Lipinski definition) is 0. The second kappa shape index (κ2) is 7.46. The minimum Gasteiger partial charge on any atom is -1.00 e. The van der Waals surface area contributed by atoms with Gasteiger partial charge in [0.2, 0.25) is 0 Å². The number of hydrogen-bond acceptors (Lipinski definition) is 2. The standard InChI is InChI=1S/C14H19NO.ClH.H2/c16-14(13-7-3-1-4-8-13)9-12-15-10-5-2-6-11-15;;/h1,3-4,7-8H,2,5-6,9-12H2;2*1H/p-1. The van der Waals surface area contributed by atoms with E-state index < -0.39 is 0 Å². The van der Waals surface area contributed by atoms with Crippen molar-refractivity contribution in [2.24, 2.45) is 0 Å². The summed E-state index contributed by atoms with van der Waals surface area (Å²) in [7, 11) is 0. The largest absolute Gasteiger partial charge is 1.00 e. The molecule has 0 saturated carbocycles. The molecule has 1 aromatic carbocycles. The lowest BCUT2D eigenvalue weighted by molar-refractivity contribution is -0.0000114. The van der Waals surface area contributed by atoms with E-state index in [9.17, 15) is 4.79 Å². The van der Waals surface area contributed by atoms with Gasteiger partial charge in [0.1, 0.15) is 0 Å². The first-order chi connectivity index (χ1) is 7.86. The Hall–Kier alpha value is -0.860. The Morgan fingerprint density at radius 1 is 1.12 bits per heavy atom. The minimum atomic E-state index is 0. The first kappa shape index (κ1) is 14.2. The van der Waals surface area contributed by atoms with Crippen LogP contribution in [0.2, 0.25) is 0 Å². The average molecular weight is 255 g/mol. The number of nitrogens with zero attached hydrogens (tertiary/aromatic N) is 1. The summed E-state index contributed by atoms with van der Waals surface area (Å²) in [6.45, 7) is 3.26. The van der Waals surface area contributed by atoms with Gasteiger partial charge in [-0.3, -0.25) is 4.79 Å². The number of piperidine rings is 1. The van der Waals surface area contributed by atoms with Gasteiger partial charge < -0.3 is 17.3 Å². The Bertz CT molecular complexity index is 339. The molecule has 2 nitrogen and oxygen atoms in total. The molecule has 0 bridgehead atoms. The van der Waals surface area contributed by atoms with Gasteiger partial charge in [-0.05, 0) is 25.9 Å². The summed E-state index contributed by atoms with van der Waals surface area (Å²) >= 11 is 0. The van der Waals surface area contributed by atoms with Gasteiger partial charge in [-0.2, -0.15) is 0 Å². The Morgan fingerprint density at radius 2 is 1.76 bits per heavy atom. The van der Waals surface area contributed by atoms with Gasteiger partial charge in [0, 0.05) is 20.0 Å². The van der Waals surface area contributed by atoms with E-state index in [4.69, 9.17) is 0 Å². The molecule has 0 aliphatic carbocycles. The summed E-state index contributed by atoms with van der Waals surface area (Å²) in [6.07, 6.45) is 4.59. The predicted molar refractivity (Wildman–Crippen MR) is 67.8 cm³/mol. The van der Waals surface area contributed by atoms with E-state index in [0.717, 1.165) is 12.1 Å². The zero-order valence-electron chi connectivity index (χ0n) is 10.1. The fourth-order valence-corrected chi connectivity index (χ4v) is 2.21. The van der Waals surface area contributed by atoms with Crippen LogP contribution in [0.25, 0.3) is 0 Å². The highest BCUT2D eigenvalue weighted by molar-refractivity contribution is 5.96. The molecule has 0 radical (unpaired) electrons. The fraction of sp³-hybridized carbons (Fsp3) is 0.500. The van der Waals surface area contributed by atoms with Crippen molar-refractivity contribution in [2.75, 3.05) is 19.6 Å². The molecule has 0 spiro atoms. The Morgan fingerprint density at radius 3 is 2.41 bits per heavy atom. The van der Waals surface area contributed by atoms with Crippen LogP contribution in [-0.4, -0.2) is 30.3 Å². The van der Waals surface area contributed by atoms with Gasteiger partial charge in [-0.25, -0.2) is 0 Å². The van der Waals surface area contributed by atoms with Crippen molar-refractivity contribution in [1.82, 2.24) is 4.90 Å². The van der Waals surface area contributed by atoms with Crippen LogP contribution in [0.1, 0.15) is 37.5 Å². The van der Waals surface area contributed by atoms with Crippen LogP contribution < -0.4 is 12.4 Å². The molecule has 17 heavy (non-hydrogen) atoms. The van der Waals surface area contributed by atoms with E-state index >= 15 is 0 Å². The number of halogens is 1. The molecule has 2 rings (SSSR count). The minimum absolute atomic E-state index is 0. The van der Waals surface area contributed by atoms with Gasteiger partial charge in [0.15, 0.2) is 5.78 Å². The number of likely N-dealkylation sites (tertiary alicyclic amines) is 1. The highest BCUT2D eigenvalue weighted by atomic mass is 35.5. The summed E-state index contributed by atoms with van der Waals surface area (Å²) in [5.74, 6) is 0.270. The Balaban J connectivity index is 0.00000144. The maximum absolute atomic E-state index is 11.9. The summed E-state index contributed by atoms with van der Waals surface area (Å²) < 4.78 is 0. The van der Waals surface area contributed by atoms with Crippen molar-refractivity contribution >= 4 is 5.78 Å². The third-order valence-electron chi connectivity index (χ3n) is 3.20. The van der Waals surface area contributed by atoms with Crippen molar-refractivity contribution in [3.05, 3.63) is 35.9 Å². The maximum atomic E-state index is 11.9. The molecule has 0 unspecified atom stereocenters. The second-order valence-electron chi connectivity index (χ2n) is 4.44. The van der Waals surface area contributed by atoms with E-state index in [1.54, 1.807) is 0 Å². The summed E-state index contributed by atoms with van der Waals surface area (Å²) in [5.41, 5.74) is 0.847. The van der Waals surface area contributed by atoms with Crippen LogP contribution in [0.4, 0.5) is 0 Å². The third kappa shape index (κ3) is 4.49. The normalized spacial score (nSPS) is 16.2. The lowest BCUT2D eigenvalue weighted by atomic mass is 10.1. The zero-order chi connectivity index (χ0) is 11.2. The van der Waals surface area contributed by atoms with Crippen LogP contribution in [-0.2, 0) is 0 Å². The van der Waals surface area contributed by atoms with E-state index in [1.165, 1.54) is 32.4 Å². The van der Waals surface area contributed by atoms with Gasteiger partial charge in [0.25, 0.3) is 0 Å². The third-order valence-corrected chi connectivity index (χ3v) is 3.20. The molecule has 0 N–H and O–H groups in total. The van der Waals surface area contributed by atoms with E-state index in [-0.39, 0.29) is 19.6 Å². The molecule has 1 fully saturated rings. The van der Waals surface area contributed by atoms with Gasteiger partial charge in [-0.1, -0.05) is 36.8 Å². The molecule has 3 heteroatoms. The number of carbonyl (C=O) groups is 1. The van der Waals surface area contributed by atoms with Crippen LogP contribution in [0.5, 0.6) is 0 Å². The quantitative estimate of drug-likeness (QED) is 0.705. The molecular formula is C14H21ClNO-. The molecule has 0 atom stereocenters. The Kier molecular flexibility index (Phi) is 6.23. The number of benzene rings is 1. The highest BCUT2D eigenvalue weighted by Gasteiger charge is 2.12. The van der Waals surface area contributed by atoms with Gasteiger partial charge in [0.05, 0.1) is 0 Å². The first-order valence-electron chi connectivity index (χ1n) is 6.17. The van der Waals surface area contributed by atoms with Crippen LogP contribution in [0.15, 0.2) is 30.3 Å². The molecule has 96 valence electrons. The van der Waals surface area contributed by atoms with Gasteiger partial charge in [-0.15, -0.1) is 0 Å². The lowest BCUT2D eigenvalue weighted by Gasteiger charge is -2.25. The zero-order valence-corrected chi connectivity index (χ0v) is 10.8. The molecule has 1 aliphatic rings. The lowest BCUT2D eigenvalue weighted by Crippen LogP contribution is -3.00. The van der Waals surface area contributed by atoms with E-state index in [0.29, 0.717) is 6.42 Å². The summed E-state index contributed by atoms with van der Waals surface area (Å²) in [6, 6.07) is 9.60. The van der Waals surface area contributed by atoms with E-state index in [1.807, 2.05) is 30.3 Å². The van der Waals surface area contributed by atoms with Gasteiger partial charge >= 0.3 is 0 Å².